The van der Waals surface area contributed by atoms with Gasteiger partial charge in [0.25, 0.3) is 0 Å². The summed E-state index contributed by atoms with van der Waals surface area (Å²) in [6.07, 6.45) is -0.560. The van der Waals surface area contributed by atoms with Gasteiger partial charge in [-0.05, 0) is 42.0 Å². The number of nitrogens with one attached hydrogen (secondary N) is 1. The molecule has 0 bridgehead atoms. The third-order valence-electron chi connectivity index (χ3n) is 6.52. The molecule has 0 aromatic heterocycles. The van der Waals surface area contributed by atoms with Crippen molar-refractivity contribution in [2.24, 2.45) is 0 Å². The molecule has 35 heavy (non-hydrogen) atoms. The van der Waals surface area contributed by atoms with Crippen molar-refractivity contribution in [3.63, 3.8) is 0 Å². The van der Waals surface area contributed by atoms with E-state index in [2.05, 4.69) is 5.32 Å². The number of urea groups is 1. The summed E-state index contributed by atoms with van der Waals surface area (Å²) in [5.41, 5.74) is 0.401. The fraction of sp³-hybridized carbons (Fsp3) is 0.231. The summed E-state index contributed by atoms with van der Waals surface area (Å²) in [7, 11) is 0. The summed E-state index contributed by atoms with van der Waals surface area (Å²) in [5.74, 6) is -1.26. The molecule has 180 valence electrons. The zero-order valence-electron chi connectivity index (χ0n) is 18.6. The predicted molar refractivity (Wildman–Crippen MR) is 121 cm³/mol. The number of cyclic esters (lactones) is 1. The molecule has 2 saturated heterocycles. The van der Waals surface area contributed by atoms with Crippen molar-refractivity contribution in [2.45, 2.75) is 18.2 Å². The Balaban J connectivity index is 1.45. The molecule has 6 nitrogen and oxygen atoms in total. The lowest BCUT2D eigenvalue weighted by Gasteiger charge is -2.42. The highest BCUT2D eigenvalue weighted by Gasteiger charge is 2.58. The van der Waals surface area contributed by atoms with Gasteiger partial charge in [-0.25, -0.2) is 22.8 Å². The van der Waals surface area contributed by atoms with Crippen LogP contribution < -0.4 is 5.32 Å². The summed E-state index contributed by atoms with van der Waals surface area (Å²) in [6, 6.07) is 16.1. The molecule has 1 unspecified atom stereocenters. The Morgan fingerprint density at radius 1 is 0.857 bits per heavy atom. The van der Waals surface area contributed by atoms with E-state index in [-0.39, 0.29) is 38.0 Å². The Hall–Kier alpha value is -4.01. The number of hydrogen-bond acceptors (Lipinski definition) is 3. The van der Waals surface area contributed by atoms with Crippen molar-refractivity contribution in [1.82, 2.24) is 15.1 Å². The third kappa shape index (κ3) is 4.18. The first kappa shape index (κ1) is 22.8. The molecule has 2 fully saturated rings. The van der Waals surface area contributed by atoms with E-state index in [9.17, 15) is 22.8 Å². The number of rotatable bonds is 4. The van der Waals surface area contributed by atoms with Gasteiger partial charge in [-0.1, -0.05) is 36.4 Å². The van der Waals surface area contributed by atoms with Crippen LogP contribution in [0.15, 0.2) is 72.8 Å². The number of ether oxygens (including phenoxy) is 1. The number of benzene rings is 3. The minimum atomic E-state index is -1.37. The van der Waals surface area contributed by atoms with Crippen LogP contribution in [0.4, 0.5) is 22.8 Å². The van der Waals surface area contributed by atoms with Crippen LogP contribution in [0.25, 0.3) is 0 Å². The molecule has 0 aliphatic carbocycles. The van der Waals surface area contributed by atoms with E-state index in [1.54, 1.807) is 21.9 Å². The summed E-state index contributed by atoms with van der Waals surface area (Å²) in [6.45, 7) is 0.859. The molecule has 1 atom stereocenters. The highest BCUT2D eigenvalue weighted by molar-refractivity contribution is 5.77. The van der Waals surface area contributed by atoms with Crippen LogP contribution >= 0.6 is 0 Å². The Morgan fingerprint density at radius 2 is 1.37 bits per heavy atom. The van der Waals surface area contributed by atoms with Gasteiger partial charge < -0.3 is 15.0 Å². The fourth-order valence-electron chi connectivity index (χ4n) is 4.75. The van der Waals surface area contributed by atoms with Crippen LogP contribution in [0.2, 0.25) is 0 Å². The van der Waals surface area contributed by atoms with Crippen molar-refractivity contribution in [1.29, 1.82) is 0 Å². The molecule has 1 N–H and O–H groups in total. The average Bonchev–Trinajstić information content (AvgIpc) is 3.17. The minimum absolute atomic E-state index is 0.135. The second kappa shape index (κ2) is 8.98. The van der Waals surface area contributed by atoms with Crippen LogP contribution in [-0.4, -0.2) is 47.6 Å². The lowest BCUT2D eigenvalue weighted by Crippen LogP contribution is -2.59. The molecule has 3 amide bonds. The van der Waals surface area contributed by atoms with Crippen LogP contribution in [0.1, 0.15) is 16.7 Å². The third-order valence-corrected chi connectivity index (χ3v) is 6.52. The fourth-order valence-corrected chi connectivity index (χ4v) is 4.75. The predicted octanol–water partition coefficient (Wildman–Crippen LogP) is 4.39. The number of fused-ring (bicyclic) bond motifs is 1. The lowest BCUT2D eigenvalue weighted by molar-refractivity contribution is 0.0510. The number of carbonyl (C=O) groups excluding carboxylic acids is 2. The van der Waals surface area contributed by atoms with Crippen LogP contribution in [0, 0.1) is 17.5 Å². The van der Waals surface area contributed by atoms with Gasteiger partial charge in [0.2, 0.25) is 0 Å². The van der Waals surface area contributed by atoms with E-state index < -0.39 is 29.4 Å². The van der Waals surface area contributed by atoms with Gasteiger partial charge in [-0.3, -0.25) is 4.90 Å². The van der Waals surface area contributed by atoms with E-state index in [1.807, 2.05) is 0 Å². The smallest absolute Gasteiger partial charge is 0.411 e. The Kier molecular flexibility index (Phi) is 5.84. The maximum atomic E-state index is 13.7. The minimum Gasteiger partial charge on any atom is -0.431 e. The molecule has 9 heteroatoms. The molecule has 0 radical (unpaired) electrons. The molecule has 5 rings (SSSR count). The van der Waals surface area contributed by atoms with Crippen molar-refractivity contribution < 1.29 is 27.5 Å². The standard InChI is InChI=1S/C26H22F3N3O3/c27-20-7-1-17(2-8-20)15-30-24(33)31-13-14-32-23(16-31)26(35-25(32)34,18-3-9-21(28)10-4-18)19-5-11-22(29)12-6-19/h1-12,23H,13-16H2,(H,30,33). The molecule has 2 heterocycles. The van der Waals surface area contributed by atoms with E-state index >= 15 is 0 Å². The lowest BCUT2D eigenvalue weighted by atomic mass is 9.79. The first-order valence-electron chi connectivity index (χ1n) is 11.2. The maximum Gasteiger partial charge on any atom is 0.411 e. The monoisotopic (exact) mass is 481 g/mol. The van der Waals surface area contributed by atoms with Gasteiger partial charge in [0, 0.05) is 37.3 Å². The zero-order valence-corrected chi connectivity index (χ0v) is 18.6. The topological polar surface area (TPSA) is 61.9 Å². The molecule has 3 aromatic carbocycles. The van der Waals surface area contributed by atoms with Crippen molar-refractivity contribution in [3.8, 4) is 0 Å². The summed E-state index contributed by atoms with van der Waals surface area (Å²) in [4.78, 5) is 29.0. The molecular weight excluding hydrogens is 459 g/mol. The van der Waals surface area contributed by atoms with Crippen molar-refractivity contribution in [2.75, 3.05) is 19.6 Å². The molecule has 0 saturated carbocycles. The Bertz CT molecular complexity index is 1190. The Morgan fingerprint density at radius 3 is 1.91 bits per heavy atom. The number of nitrogens with zero attached hydrogens (tertiary/aromatic N) is 2. The molecule has 0 spiro atoms. The summed E-state index contributed by atoms with van der Waals surface area (Å²) < 4.78 is 46.6. The molecule has 2 aliphatic rings. The SMILES string of the molecule is O=C(NCc1ccc(F)cc1)N1CCN2C(=O)OC(c3ccc(F)cc3)(c3ccc(F)cc3)C2C1. The Labute approximate surface area is 199 Å². The molecular formula is C26H22F3N3O3. The van der Waals surface area contributed by atoms with Crippen LogP contribution in [0.5, 0.6) is 0 Å². The number of hydrogen-bond donors (Lipinski definition) is 1. The summed E-state index contributed by atoms with van der Waals surface area (Å²) >= 11 is 0. The average molecular weight is 481 g/mol. The zero-order chi connectivity index (χ0) is 24.6. The van der Waals surface area contributed by atoms with Gasteiger partial charge >= 0.3 is 12.1 Å². The van der Waals surface area contributed by atoms with E-state index in [0.29, 0.717) is 11.1 Å². The van der Waals surface area contributed by atoms with Gasteiger partial charge in [0.05, 0.1) is 0 Å². The van der Waals surface area contributed by atoms with Gasteiger partial charge in [0.15, 0.2) is 5.60 Å². The number of piperazine rings is 1. The molecule has 3 aromatic rings. The quantitative estimate of drug-likeness (QED) is 0.601. The summed E-state index contributed by atoms with van der Waals surface area (Å²) in [5, 5.41) is 2.82. The normalized spacial score (nSPS) is 18.7. The van der Waals surface area contributed by atoms with Gasteiger partial charge in [0.1, 0.15) is 23.5 Å². The number of amides is 3. The first-order valence-corrected chi connectivity index (χ1v) is 11.2. The van der Waals surface area contributed by atoms with Crippen LogP contribution in [0.3, 0.4) is 0 Å². The highest BCUT2D eigenvalue weighted by Crippen LogP contribution is 2.46. The molecule has 2 aliphatic heterocycles. The maximum absolute atomic E-state index is 13.7. The largest absolute Gasteiger partial charge is 0.431 e. The van der Waals surface area contributed by atoms with E-state index in [4.69, 9.17) is 4.74 Å². The number of carbonyl (C=O) groups is 2. The second-order valence-corrected chi connectivity index (χ2v) is 8.56. The van der Waals surface area contributed by atoms with E-state index in [1.165, 1.54) is 60.7 Å². The van der Waals surface area contributed by atoms with Crippen LogP contribution in [-0.2, 0) is 16.9 Å². The number of halogens is 3. The first-order chi connectivity index (χ1) is 16.9. The van der Waals surface area contributed by atoms with Gasteiger partial charge in [-0.2, -0.15) is 0 Å². The van der Waals surface area contributed by atoms with Crippen molar-refractivity contribution >= 4 is 12.1 Å². The van der Waals surface area contributed by atoms with Crippen molar-refractivity contribution in [3.05, 3.63) is 107 Å². The van der Waals surface area contributed by atoms with Gasteiger partial charge in [-0.15, -0.1) is 0 Å². The second-order valence-electron chi connectivity index (χ2n) is 8.56. The van der Waals surface area contributed by atoms with E-state index in [0.717, 1.165) is 5.56 Å². The highest BCUT2D eigenvalue weighted by atomic mass is 19.1.